The zero-order valence-corrected chi connectivity index (χ0v) is 7.63. The summed E-state index contributed by atoms with van der Waals surface area (Å²) in [5.74, 6) is -0.333. The van der Waals surface area contributed by atoms with Crippen molar-refractivity contribution in [2.45, 2.75) is 0 Å². The molecule has 0 saturated heterocycles. The van der Waals surface area contributed by atoms with Crippen LogP contribution in [0.25, 0.3) is 0 Å². The van der Waals surface area contributed by atoms with E-state index in [4.69, 9.17) is 5.41 Å². The molecule has 0 aliphatic heterocycles. The van der Waals surface area contributed by atoms with Crippen LogP contribution in [0.15, 0.2) is 0 Å². The lowest BCUT2D eigenvalue weighted by atomic mass is 11.1. The van der Waals surface area contributed by atoms with E-state index in [9.17, 15) is 0 Å². The summed E-state index contributed by atoms with van der Waals surface area (Å²) in [7, 11) is 0. The maximum Gasteiger partial charge on any atom is 0.183 e. The summed E-state index contributed by atoms with van der Waals surface area (Å²) in [4.78, 5) is 0. The zero-order chi connectivity index (χ0) is 3.58. The van der Waals surface area contributed by atoms with Gasteiger partial charge >= 0.3 is 0 Å². The Labute approximate surface area is 70.4 Å². The summed E-state index contributed by atoms with van der Waals surface area (Å²) in [5, 5.41) is 6.06. The van der Waals surface area contributed by atoms with E-state index in [-0.39, 0.29) is 53.9 Å². The first-order valence-corrected chi connectivity index (χ1v) is 0.827. The van der Waals surface area contributed by atoms with E-state index >= 15 is 0 Å². The van der Waals surface area contributed by atoms with Gasteiger partial charge in [0.05, 0.1) is 0 Å². The van der Waals surface area contributed by atoms with Crippen LogP contribution in [0.5, 0.6) is 0 Å². The Morgan fingerprint density at radius 2 is 1.17 bits per heavy atom. The van der Waals surface area contributed by atoms with Crippen molar-refractivity contribution in [1.82, 2.24) is 0 Å². The Kier molecular flexibility index (Phi) is 24.4. The molecular formula is CH7I2N3. The monoisotopic (exact) mass is 315 g/mol. The second-order valence-electron chi connectivity index (χ2n) is 0.455. The predicted octanol–water partition coefficient (Wildman–Crippen LogP) is 0.0746. The second-order valence-corrected chi connectivity index (χ2v) is 0.455. The van der Waals surface area contributed by atoms with Crippen molar-refractivity contribution < 1.29 is 0 Å². The first-order valence-electron chi connectivity index (χ1n) is 0.827. The highest BCUT2D eigenvalue weighted by molar-refractivity contribution is 14.0. The lowest BCUT2D eigenvalue weighted by Gasteiger charge is -1.69. The minimum absolute atomic E-state index is 0. The number of guanidine groups is 1. The van der Waals surface area contributed by atoms with Crippen molar-refractivity contribution in [3.8, 4) is 0 Å². The molecule has 3 nitrogen and oxygen atoms in total. The maximum absolute atomic E-state index is 6.06. The number of hydrogen-bond donors (Lipinski definition) is 3. The fourth-order valence-electron chi connectivity index (χ4n) is 0. The van der Waals surface area contributed by atoms with Gasteiger partial charge in [-0.15, -0.1) is 48.0 Å². The summed E-state index contributed by atoms with van der Waals surface area (Å²) >= 11 is 0. The summed E-state index contributed by atoms with van der Waals surface area (Å²) in [6.07, 6.45) is 0. The van der Waals surface area contributed by atoms with Crippen LogP contribution in [0.3, 0.4) is 0 Å². The van der Waals surface area contributed by atoms with Crippen molar-refractivity contribution in [1.29, 1.82) is 5.41 Å². The first-order chi connectivity index (χ1) is 1.73. The molecule has 0 aromatic carbocycles. The van der Waals surface area contributed by atoms with Gasteiger partial charge in [-0.05, 0) is 0 Å². The quantitative estimate of drug-likeness (QED) is 0.336. The fourth-order valence-corrected chi connectivity index (χ4v) is 0. The number of nitrogens with one attached hydrogen (secondary N) is 1. The predicted molar refractivity (Wildman–Crippen MR) is 46.9 cm³/mol. The largest absolute Gasteiger partial charge is 0.370 e. The van der Waals surface area contributed by atoms with Gasteiger partial charge in [-0.1, -0.05) is 0 Å². The normalized spacial score (nSPS) is 4.00. The third kappa shape index (κ3) is 123. The molecule has 0 aliphatic rings. The number of nitrogens with two attached hydrogens (primary N) is 2. The smallest absolute Gasteiger partial charge is 0.183 e. The number of hydrogen-bond acceptors (Lipinski definition) is 1. The van der Waals surface area contributed by atoms with E-state index < -0.39 is 0 Å². The van der Waals surface area contributed by atoms with Gasteiger partial charge in [-0.2, -0.15) is 0 Å². The molecule has 0 spiro atoms. The molecule has 0 rings (SSSR count). The third-order valence-corrected chi connectivity index (χ3v) is 0. The topological polar surface area (TPSA) is 75.9 Å². The van der Waals surface area contributed by atoms with Crippen LogP contribution in [0.2, 0.25) is 0 Å². The summed E-state index contributed by atoms with van der Waals surface area (Å²) in [5.41, 5.74) is 8.94. The molecule has 0 unspecified atom stereocenters. The van der Waals surface area contributed by atoms with E-state index in [0.717, 1.165) is 0 Å². The van der Waals surface area contributed by atoms with E-state index in [1.807, 2.05) is 0 Å². The summed E-state index contributed by atoms with van der Waals surface area (Å²) in [6, 6.07) is 0. The van der Waals surface area contributed by atoms with Gasteiger partial charge in [0, 0.05) is 0 Å². The fraction of sp³-hybridized carbons (Fsp3) is 0. The van der Waals surface area contributed by atoms with Gasteiger partial charge in [-0.3, -0.25) is 5.41 Å². The highest BCUT2D eigenvalue weighted by Gasteiger charge is 1.52. The van der Waals surface area contributed by atoms with Gasteiger partial charge in [0.1, 0.15) is 0 Å². The van der Waals surface area contributed by atoms with Crippen LogP contribution in [0.4, 0.5) is 0 Å². The van der Waals surface area contributed by atoms with Crippen molar-refractivity contribution in [2.75, 3.05) is 0 Å². The Morgan fingerprint density at radius 1 is 1.17 bits per heavy atom. The van der Waals surface area contributed by atoms with E-state index in [1.165, 1.54) is 0 Å². The Balaban J connectivity index is -0.0000000450. The van der Waals surface area contributed by atoms with Gasteiger partial charge in [0.15, 0.2) is 5.96 Å². The molecule has 0 fully saturated rings. The third-order valence-electron chi connectivity index (χ3n) is 0. The lowest BCUT2D eigenvalue weighted by Crippen LogP contribution is -2.20. The highest BCUT2D eigenvalue weighted by atomic mass is 127. The second kappa shape index (κ2) is 9.21. The molecule has 0 heterocycles. The molecule has 6 heavy (non-hydrogen) atoms. The number of halogens is 2. The standard InChI is InChI=1S/CH5N3.2HI/c2-1(3)4;;/h(H5,2,3,4);2*1H. The molecule has 5 heteroatoms. The van der Waals surface area contributed by atoms with Gasteiger partial charge in [0.25, 0.3) is 0 Å². The van der Waals surface area contributed by atoms with Crippen LogP contribution in [-0.2, 0) is 0 Å². The lowest BCUT2D eigenvalue weighted by molar-refractivity contribution is 1.39. The molecule has 0 amide bonds. The SMILES string of the molecule is I.I.N=C(N)N. The summed E-state index contributed by atoms with van der Waals surface area (Å²) in [6.45, 7) is 0. The Hall–Kier alpha value is 0.730. The van der Waals surface area contributed by atoms with Crippen molar-refractivity contribution >= 4 is 53.9 Å². The van der Waals surface area contributed by atoms with Gasteiger partial charge in [-0.25, -0.2) is 0 Å². The van der Waals surface area contributed by atoms with Gasteiger partial charge in [0.2, 0.25) is 0 Å². The molecule has 40 valence electrons. The minimum atomic E-state index is -0.333. The van der Waals surface area contributed by atoms with Crippen LogP contribution in [-0.4, -0.2) is 5.96 Å². The zero-order valence-electron chi connectivity index (χ0n) is 2.97. The van der Waals surface area contributed by atoms with Crippen LogP contribution in [0, 0.1) is 5.41 Å². The molecule has 0 atom stereocenters. The molecular weight excluding hydrogens is 308 g/mol. The maximum atomic E-state index is 6.06. The van der Waals surface area contributed by atoms with E-state index in [0.29, 0.717) is 0 Å². The molecule has 0 aromatic heterocycles. The van der Waals surface area contributed by atoms with Crippen molar-refractivity contribution in [2.24, 2.45) is 11.5 Å². The van der Waals surface area contributed by atoms with Crippen LogP contribution >= 0.6 is 48.0 Å². The molecule has 0 aromatic rings. The molecule has 0 radical (unpaired) electrons. The molecule has 0 bridgehead atoms. The number of rotatable bonds is 0. The average Bonchev–Trinajstić information content (AvgIpc) is 0.811. The van der Waals surface area contributed by atoms with Gasteiger partial charge < -0.3 is 11.5 Å². The highest BCUT2D eigenvalue weighted by Crippen LogP contribution is 1.13. The van der Waals surface area contributed by atoms with Crippen molar-refractivity contribution in [3.05, 3.63) is 0 Å². The van der Waals surface area contributed by atoms with Crippen molar-refractivity contribution in [3.63, 3.8) is 0 Å². The minimum Gasteiger partial charge on any atom is -0.370 e. The van der Waals surface area contributed by atoms with E-state index in [1.54, 1.807) is 0 Å². The molecule has 0 saturated carbocycles. The molecule has 5 N–H and O–H groups in total. The Bertz CT molecular complexity index is 31.8. The first kappa shape index (κ1) is 15.9. The molecule has 0 aliphatic carbocycles. The summed E-state index contributed by atoms with van der Waals surface area (Å²) < 4.78 is 0. The van der Waals surface area contributed by atoms with E-state index in [2.05, 4.69) is 11.5 Å². The van der Waals surface area contributed by atoms with Crippen LogP contribution in [0.1, 0.15) is 0 Å². The average molecular weight is 315 g/mol. The van der Waals surface area contributed by atoms with Crippen LogP contribution < -0.4 is 11.5 Å². The Morgan fingerprint density at radius 3 is 1.17 bits per heavy atom.